The summed E-state index contributed by atoms with van der Waals surface area (Å²) in [4.78, 5) is 14.4. The highest BCUT2D eigenvalue weighted by Gasteiger charge is 2.39. The van der Waals surface area contributed by atoms with Crippen molar-refractivity contribution in [2.75, 3.05) is 19.6 Å². The first-order chi connectivity index (χ1) is 12.5. The lowest BCUT2D eigenvalue weighted by atomic mass is 9.80. The first-order valence-electron chi connectivity index (χ1n) is 9.21. The Morgan fingerprint density at radius 2 is 1.52 bits per heavy atom. The van der Waals surface area contributed by atoms with Gasteiger partial charge in [-0.05, 0) is 24.2 Å². The van der Waals surface area contributed by atoms with E-state index in [1.165, 1.54) is 6.92 Å². The lowest BCUT2D eigenvalue weighted by molar-refractivity contribution is -0.154. The molecule has 1 unspecified atom stereocenters. The molecule has 2 aromatic carbocycles. The van der Waals surface area contributed by atoms with E-state index in [-0.39, 0.29) is 18.4 Å². The molecule has 0 fully saturated rings. The maximum Gasteiger partial charge on any atom is 0.303 e. The second-order valence-corrected chi connectivity index (χ2v) is 6.51. The van der Waals surface area contributed by atoms with E-state index in [1.54, 1.807) is 0 Å². The molecule has 0 amide bonds. The number of hydrogen-bond donors (Lipinski definition) is 0. The van der Waals surface area contributed by atoms with Gasteiger partial charge in [-0.25, -0.2) is 0 Å². The van der Waals surface area contributed by atoms with Crippen LogP contribution in [-0.4, -0.2) is 30.5 Å². The molecule has 1 atom stereocenters. The summed E-state index contributed by atoms with van der Waals surface area (Å²) in [5, 5.41) is 0. The summed E-state index contributed by atoms with van der Waals surface area (Å²) < 4.78 is 6.01. The van der Waals surface area contributed by atoms with Crippen molar-refractivity contribution in [3.8, 4) is 0 Å². The fourth-order valence-electron chi connectivity index (χ4n) is 3.28. The second kappa shape index (κ2) is 10.9. The van der Waals surface area contributed by atoms with Crippen molar-refractivity contribution in [3.05, 3.63) is 83.9 Å². The van der Waals surface area contributed by atoms with Crippen molar-refractivity contribution in [3.63, 3.8) is 0 Å². The Labute approximate surface area is 169 Å². The van der Waals surface area contributed by atoms with Crippen LogP contribution in [0.4, 0.5) is 0 Å². The Hall–Kier alpha value is -2.10. The number of benzene rings is 2. The monoisotopic (exact) mass is 387 g/mol. The molecule has 0 N–H and O–H groups in total. The van der Waals surface area contributed by atoms with Crippen LogP contribution in [0.5, 0.6) is 0 Å². The Morgan fingerprint density at radius 1 is 1.00 bits per heavy atom. The van der Waals surface area contributed by atoms with E-state index < -0.39 is 5.60 Å². The van der Waals surface area contributed by atoms with Gasteiger partial charge < -0.3 is 4.74 Å². The largest absolute Gasteiger partial charge is 0.449 e. The normalized spacial score (nSPS) is 12.7. The van der Waals surface area contributed by atoms with E-state index in [9.17, 15) is 4.79 Å². The summed E-state index contributed by atoms with van der Waals surface area (Å²) in [6, 6.07) is 20.1. The fraction of sp³-hybridized carbons (Fsp3) is 0.348. The first-order valence-corrected chi connectivity index (χ1v) is 9.21. The number of carbonyl (C=O) groups excluding carboxylic acids is 1. The van der Waals surface area contributed by atoms with Crippen LogP contribution in [0, 0.1) is 0 Å². The molecule has 27 heavy (non-hydrogen) atoms. The number of esters is 1. The Kier molecular flexibility index (Phi) is 9.27. The van der Waals surface area contributed by atoms with Crippen molar-refractivity contribution < 1.29 is 9.53 Å². The van der Waals surface area contributed by atoms with Gasteiger partial charge in [0.1, 0.15) is 0 Å². The molecule has 0 aliphatic rings. The zero-order valence-electron chi connectivity index (χ0n) is 16.5. The van der Waals surface area contributed by atoms with E-state index in [0.29, 0.717) is 13.0 Å². The molecule has 0 radical (unpaired) electrons. The maximum absolute atomic E-state index is 12.1. The molecule has 0 bridgehead atoms. The highest BCUT2D eigenvalue weighted by atomic mass is 35.5. The number of likely N-dealkylation sites (N-methyl/N-ethyl adjacent to an activating group) is 1. The molecule has 0 aromatic heterocycles. The zero-order chi connectivity index (χ0) is 19.0. The van der Waals surface area contributed by atoms with Gasteiger partial charge in [0, 0.05) is 25.5 Å². The molecule has 0 saturated heterocycles. The van der Waals surface area contributed by atoms with Gasteiger partial charge in [0.2, 0.25) is 0 Å². The molecule has 0 saturated carbocycles. The Balaban J connectivity index is 0.00000364. The summed E-state index contributed by atoms with van der Waals surface area (Å²) in [6.45, 7) is 12.6. The minimum atomic E-state index is -0.878. The van der Waals surface area contributed by atoms with E-state index in [4.69, 9.17) is 4.74 Å². The molecule has 2 aromatic rings. The van der Waals surface area contributed by atoms with Gasteiger partial charge in [-0.1, -0.05) is 81.1 Å². The quantitative estimate of drug-likeness (QED) is 0.447. The van der Waals surface area contributed by atoms with Crippen LogP contribution >= 0.6 is 12.4 Å². The summed E-state index contributed by atoms with van der Waals surface area (Å²) in [6.07, 6.45) is 0.567. The molecule has 3 nitrogen and oxygen atoms in total. The second-order valence-electron chi connectivity index (χ2n) is 6.51. The average Bonchev–Trinajstić information content (AvgIpc) is 2.66. The first kappa shape index (κ1) is 22.9. The molecule has 0 aliphatic carbocycles. The molecule has 0 aliphatic heterocycles. The summed E-state index contributed by atoms with van der Waals surface area (Å²) in [5.41, 5.74) is 2.08. The minimum Gasteiger partial charge on any atom is -0.449 e. The van der Waals surface area contributed by atoms with Gasteiger partial charge in [-0.15, -0.1) is 12.4 Å². The number of rotatable bonds is 9. The predicted molar refractivity (Wildman–Crippen MR) is 114 cm³/mol. The molecular weight excluding hydrogens is 358 g/mol. The molecule has 146 valence electrons. The maximum atomic E-state index is 12.1. The number of ether oxygens (including phenoxy) is 1. The topological polar surface area (TPSA) is 29.5 Å². The lowest BCUT2D eigenvalue weighted by Crippen LogP contribution is -2.40. The van der Waals surface area contributed by atoms with Crippen molar-refractivity contribution >= 4 is 18.4 Å². The van der Waals surface area contributed by atoms with Gasteiger partial charge in [-0.2, -0.15) is 0 Å². The highest BCUT2D eigenvalue weighted by Crippen LogP contribution is 2.37. The summed E-state index contributed by atoms with van der Waals surface area (Å²) >= 11 is 0. The Bertz CT molecular complexity index is 714. The molecular formula is C23H30ClNO2. The van der Waals surface area contributed by atoms with E-state index >= 15 is 0 Å². The standard InChI is InChI=1S/C23H29NO2.ClH/c1-5-24(6-2)18-19(3)23(26-20(4)25,22-15-11-8-12-16-22)17-21-13-9-7-10-14-21;/h7-16H,3,5-6,17-18H2,1-2,4H3;1H. The van der Waals surface area contributed by atoms with Gasteiger partial charge in [0.05, 0.1) is 0 Å². The van der Waals surface area contributed by atoms with Gasteiger partial charge in [-0.3, -0.25) is 9.69 Å². The van der Waals surface area contributed by atoms with Gasteiger partial charge in [0.25, 0.3) is 0 Å². The third-order valence-electron chi connectivity index (χ3n) is 4.73. The van der Waals surface area contributed by atoms with Gasteiger partial charge in [0.15, 0.2) is 5.60 Å². The number of carbonyl (C=O) groups is 1. The SMILES string of the molecule is C=C(CN(CC)CC)C(Cc1ccccc1)(OC(C)=O)c1ccccc1.Cl. The summed E-state index contributed by atoms with van der Waals surface area (Å²) in [7, 11) is 0. The molecule has 0 heterocycles. The molecule has 0 spiro atoms. The van der Waals surface area contributed by atoms with Crippen LogP contribution < -0.4 is 0 Å². The van der Waals surface area contributed by atoms with Crippen LogP contribution in [0.15, 0.2) is 72.8 Å². The Morgan fingerprint density at radius 3 is 2.00 bits per heavy atom. The predicted octanol–water partition coefficient (Wildman–Crippen LogP) is 5.01. The third-order valence-corrected chi connectivity index (χ3v) is 4.73. The molecule has 2 rings (SSSR count). The van der Waals surface area contributed by atoms with Crippen LogP contribution in [0.1, 0.15) is 31.9 Å². The van der Waals surface area contributed by atoms with Crippen molar-refractivity contribution in [1.29, 1.82) is 0 Å². The average molecular weight is 388 g/mol. The zero-order valence-corrected chi connectivity index (χ0v) is 17.3. The lowest BCUT2D eigenvalue weighted by Gasteiger charge is -2.37. The molecule has 4 heteroatoms. The number of hydrogen-bond acceptors (Lipinski definition) is 3. The van der Waals surface area contributed by atoms with Gasteiger partial charge >= 0.3 is 5.97 Å². The van der Waals surface area contributed by atoms with Crippen LogP contribution in [-0.2, 0) is 21.6 Å². The number of nitrogens with zero attached hydrogens (tertiary/aromatic N) is 1. The minimum absolute atomic E-state index is 0. The fourth-order valence-corrected chi connectivity index (χ4v) is 3.28. The van der Waals surface area contributed by atoms with Crippen LogP contribution in [0.2, 0.25) is 0 Å². The van der Waals surface area contributed by atoms with Crippen molar-refractivity contribution in [2.45, 2.75) is 32.8 Å². The highest BCUT2D eigenvalue weighted by molar-refractivity contribution is 5.85. The smallest absolute Gasteiger partial charge is 0.303 e. The van der Waals surface area contributed by atoms with E-state index in [1.807, 2.05) is 48.5 Å². The van der Waals surface area contributed by atoms with E-state index in [0.717, 1.165) is 29.8 Å². The van der Waals surface area contributed by atoms with Crippen molar-refractivity contribution in [1.82, 2.24) is 4.90 Å². The number of halogens is 1. The van der Waals surface area contributed by atoms with Crippen LogP contribution in [0.3, 0.4) is 0 Å². The van der Waals surface area contributed by atoms with Crippen molar-refractivity contribution in [2.24, 2.45) is 0 Å². The van der Waals surface area contributed by atoms with Crippen LogP contribution in [0.25, 0.3) is 0 Å². The summed E-state index contributed by atoms with van der Waals surface area (Å²) in [5.74, 6) is -0.300. The third kappa shape index (κ3) is 5.95. The van der Waals surface area contributed by atoms with E-state index in [2.05, 4.69) is 37.5 Å².